The molecular formula is C10H8F2N2O. The van der Waals surface area contributed by atoms with E-state index in [0.29, 0.717) is 0 Å². The number of halogens is 2. The molecule has 0 saturated carbocycles. The summed E-state index contributed by atoms with van der Waals surface area (Å²) in [6.07, 6.45) is 0. The van der Waals surface area contributed by atoms with Crippen LogP contribution in [0.2, 0.25) is 0 Å². The minimum absolute atomic E-state index is 0.435. The van der Waals surface area contributed by atoms with Gasteiger partial charge in [0.15, 0.2) is 0 Å². The van der Waals surface area contributed by atoms with Crippen molar-refractivity contribution in [3.63, 3.8) is 0 Å². The Hall–Kier alpha value is -1.96. The van der Waals surface area contributed by atoms with Crippen LogP contribution in [0.3, 0.4) is 0 Å². The molecule has 0 aliphatic carbocycles. The van der Waals surface area contributed by atoms with Crippen molar-refractivity contribution in [2.45, 2.75) is 13.0 Å². The van der Waals surface area contributed by atoms with Gasteiger partial charge in [-0.1, -0.05) is 6.07 Å². The third kappa shape index (κ3) is 2.50. The summed E-state index contributed by atoms with van der Waals surface area (Å²) >= 11 is 0. The van der Waals surface area contributed by atoms with Gasteiger partial charge in [-0.2, -0.15) is 5.26 Å². The summed E-state index contributed by atoms with van der Waals surface area (Å²) in [5, 5.41) is 10.8. The fourth-order valence-corrected chi connectivity index (χ4v) is 1.16. The monoisotopic (exact) mass is 210 g/mol. The molecule has 0 spiro atoms. The minimum Gasteiger partial charge on any atom is -0.337 e. The van der Waals surface area contributed by atoms with Crippen LogP contribution in [0.1, 0.15) is 18.5 Å². The molecule has 1 N–H and O–H groups in total. The van der Waals surface area contributed by atoms with Gasteiger partial charge in [0.1, 0.15) is 17.7 Å². The molecule has 0 aliphatic rings. The first kappa shape index (κ1) is 11.1. The lowest BCUT2D eigenvalue weighted by atomic mass is 10.1. The number of nitrogens with zero attached hydrogens (tertiary/aromatic N) is 1. The molecule has 0 fully saturated rings. The van der Waals surface area contributed by atoms with E-state index in [1.165, 1.54) is 13.0 Å². The second-order valence-electron chi connectivity index (χ2n) is 2.90. The highest BCUT2D eigenvalue weighted by Gasteiger charge is 2.20. The van der Waals surface area contributed by atoms with Crippen molar-refractivity contribution in [2.75, 3.05) is 0 Å². The maximum absolute atomic E-state index is 13.2. The van der Waals surface area contributed by atoms with Crippen LogP contribution in [0.4, 0.5) is 8.78 Å². The van der Waals surface area contributed by atoms with Crippen LogP contribution in [0.25, 0.3) is 0 Å². The highest BCUT2D eigenvalue weighted by Crippen LogP contribution is 2.19. The van der Waals surface area contributed by atoms with E-state index >= 15 is 0 Å². The van der Waals surface area contributed by atoms with E-state index in [1.54, 1.807) is 6.07 Å². The van der Waals surface area contributed by atoms with Gasteiger partial charge in [0, 0.05) is 6.92 Å². The first-order valence-corrected chi connectivity index (χ1v) is 4.17. The molecule has 0 heterocycles. The first-order chi connectivity index (χ1) is 7.06. The molecule has 1 amide bonds. The number of benzene rings is 1. The van der Waals surface area contributed by atoms with E-state index in [0.717, 1.165) is 12.1 Å². The Labute approximate surface area is 85.3 Å². The Morgan fingerprint density at radius 3 is 2.40 bits per heavy atom. The number of rotatable bonds is 2. The zero-order valence-corrected chi connectivity index (χ0v) is 7.92. The molecule has 5 heteroatoms. The predicted molar refractivity (Wildman–Crippen MR) is 48.5 cm³/mol. The van der Waals surface area contributed by atoms with Gasteiger partial charge in [-0.3, -0.25) is 4.79 Å². The molecule has 0 radical (unpaired) electrons. The minimum atomic E-state index is -1.30. The van der Waals surface area contributed by atoms with Gasteiger partial charge in [0.05, 0.1) is 11.6 Å². The molecule has 1 atom stereocenters. The lowest BCUT2D eigenvalue weighted by Gasteiger charge is -2.11. The summed E-state index contributed by atoms with van der Waals surface area (Å²) in [7, 11) is 0. The summed E-state index contributed by atoms with van der Waals surface area (Å²) in [5.74, 6) is -2.23. The van der Waals surface area contributed by atoms with Gasteiger partial charge in [-0.05, 0) is 12.1 Å². The van der Waals surface area contributed by atoms with Gasteiger partial charge in [0.2, 0.25) is 5.91 Å². The number of nitriles is 1. The molecule has 78 valence electrons. The van der Waals surface area contributed by atoms with Crippen molar-refractivity contribution in [3.05, 3.63) is 35.4 Å². The number of hydrogen-bond donors (Lipinski definition) is 1. The molecule has 0 bridgehead atoms. The second kappa shape index (κ2) is 4.51. The van der Waals surface area contributed by atoms with Crippen molar-refractivity contribution in [1.29, 1.82) is 5.26 Å². The Bertz CT molecular complexity index is 406. The molecule has 1 aromatic rings. The lowest BCUT2D eigenvalue weighted by molar-refractivity contribution is -0.119. The standard InChI is InChI=1S/C10H8F2N2O/c1-6(15)14-9(5-13)10-7(11)3-2-4-8(10)12/h2-4,9H,1H3,(H,14,15). The van der Waals surface area contributed by atoms with Gasteiger partial charge in [-0.25, -0.2) is 8.78 Å². The Morgan fingerprint density at radius 2 is 2.00 bits per heavy atom. The molecule has 1 unspecified atom stereocenters. The van der Waals surface area contributed by atoms with E-state index in [9.17, 15) is 13.6 Å². The number of carbonyl (C=O) groups is 1. The Morgan fingerprint density at radius 1 is 1.47 bits per heavy atom. The third-order valence-electron chi connectivity index (χ3n) is 1.77. The molecule has 15 heavy (non-hydrogen) atoms. The molecule has 0 aromatic heterocycles. The lowest BCUT2D eigenvalue weighted by Crippen LogP contribution is -2.26. The van der Waals surface area contributed by atoms with Crippen LogP contribution in [0.15, 0.2) is 18.2 Å². The van der Waals surface area contributed by atoms with Crippen molar-refractivity contribution in [3.8, 4) is 6.07 Å². The van der Waals surface area contributed by atoms with Gasteiger partial charge < -0.3 is 5.32 Å². The highest BCUT2D eigenvalue weighted by atomic mass is 19.1. The van der Waals surface area contributed by atoms with Crippen LogP contribution in [-0.4, -0.2) is 5.91 Å². The molecule has 1 rings (SSSR count). The number of carbonyl (C=O) groups excluding carboxylic acids is 1. The normalized spacial score (nSPS) is 11.6. The second-order valence-corrected chi connectivity index (χ2v) is 2.90. The predicted octanol–water partition coefficient (Wildman–Crippen LogP) is 1.67. The largest absolute Gasteiger partial charge is 0.337 e. The maximum atomic E-state index is 13.2. The topological polar surface area (TPSA) is 52.9 Å². The highest BCUT2D eigenvalue weighted by molar-refractivity contribution is 5.73. The molecule has 1 aromatic carbocycles. The summed E-state index contributed by atoms with van der Waals surface area (Å²) in [6.45, 7) is 1.17. The van der Waals surface area contributed by atoms with Crippen molar-refractivity contribution < 1.29 is 13.6 Å². The summed E-state index contributed by atoms with van der Waals surface area (Å²) in [6, 6.07) is 3.57. The maximum Gasteiger partial charge on any atom is 0.218 e. The van der Waals surface area contributed by atoms with E-state index < -0.39 is 29.1 Å². The zero-order chi connectivity index (χ0) is 11.4. The molecular weight excluding hydrogens is 202 g/mol. The zero-order valence-electron chi connectivity index (χ0n) is 7.92. The van der Waals surface area contributed by atoms with Crippen LogP contribution in [0, 0.1) is 23.0 Å². The van der Waals surface area contributed by atoms with E-state index in [4.69, 9.17) is 5.26 Å². The average Bonchev–Trinajstić information content (AvgIpc) is 2.15. The number of hydrogen-bond acceptors (Lipinski definition) is 2. The van der Waals surface area contributed by atoms with Crippen LogP contribution in [0.5, 0.6) is 0 Å². The summed E-state index contributed by atoms with van der Waals surface area (Å²) in [5.41, 5.74) is -0.435. The molecule has 0 aliphatic heterocycles. The average molecular weight is 210 g/mol. The van der Waals surface area contributed by atoms with Gasteiger partial charge >= 0.3 is 0 Å². The van der Waals surface area contributed by atoms with Crippen molar-refractivity contribution in [2.24, 2.45) is 0 Å². The van der Waals surface area contributed by atoms with Gasteiger partial charge in [-0.15, -0.1) is 0 Å². The molecule has 0 saturated heterocycles. The van der Waals surface area contributed by atoms with Crippen LogP contribution >= 0.6 is 0 Å². The SMILES string of the molecule is CC(=O)NC(C#N)c1c(F)cccc1F. The third-order valence-corrected chi connectivity index (χ3v) is 1.77. The van der Waals surface area contributed by atoms with E-state index in [2.05, 4.69) is 5.32 Å². The van der Waals surface area contributed by atoms with Crippen LogP contribution < -0.4 is 5.32 Å². The van der Waals surface area contributed by atoms with E-state index in [1.807, 2.05) is 0 Å². The quantitative estimate of drug-likeness (QED) is 0.807. The Kier molecular flexibility index (Phi) is 3.34. The van der Waals surface area contributed by atoms with Crippen LogP contribution in [-0.2, 0) is 4.79 Å². The molecule has 3 nitrogen and oxygen atoms in total. The smallest absolute Gasteiger partial charge is 0.218 e. The van der Waals surface area contributed by atoms with Crippen molar-refractivity contribution >= 4 is 5.91 Å². The van der Waals surface area contributed by atoms with Gasteiger partial charge in [0.25, 0.3) is 0 Å². The number of nitrogens with one attached hydrogen (secondary N) is 1. The Balaban J connectivity index is 3.13. The van der Waals surface area contributed by atoms with Crippen molar-refractivity contribution in [1.82, 2.24) is 5.32 Å². The fourth-order valence-electron chi connectivity index (χ4n) is 1.16. The fraction of sp³-hybridized carbons (Fsp3) is 0.200. The first-order valence-electron chi connectivity index (χ1n) is 4.17. The van der Waals surface area contributed by atoms with E-state index in [-0.39, 0.29) is 0 Å². The number of amides is 1. The summed E-state index contributed by atoms with van der Waals surface area (Å²) < 4.78 is 26.4. The summed E-state index contributed by atoms with van der Waals surface area (Å²) in [4.78, 5) is 10.7.